The van der Waals surface area contributed by atoms with Crippen molar-refractivity contribution in [2.24, 2.45) is 5.92 Å². The summed E-state index contributed by atoms with van der Waals surface area (Å²) in [6.07, 6.45) is 4.56. The lowest BCUT2D eigenvalue weighted by Crippen LogP contribution is -2.31. The lowest BCUT2D eigenvalue weighted by atomic mass is 9.93. The van der Waals surface area contributed by atoms with Crippen LogP contribution in [0.2, 0.25) is 0 Å². The van der Waals surface area contributed by atoms with Crippen molar-refractivity contribution in [3.05, 3.63) is 35.7 Å². The van der Waals surface area contributed by atoms with Gasteiger partial charge in [-0.1, -0.05) is 6.92 Å². The molecule has 3 aromatic rings. The van der Waals surface area contributed by atoms with Crippen molar-refractivity contribution in [1.82, 2.24) is 15.3 Å². The number of nitrogens with one attached hydrogen (secondary N) is 3. The summed E-state index contributed by atoms with van der Waals surface area (Å²) >= 11 is 0. The van der Waals surface area contributed by atoms with E-state index >= 15 is 0 Å². The van der Waals surface area contributed by atoms with Gasteiger partial charge in [0.05, 0.1) is 0 Å². The first-order chi connectivity index (χ1) is 14.9. The topological polar surface area (TPSA) is 114 Å². The van der Waals surface area contributed by atoms with E-state index in [9.17, 15) is 4.79 Å². The molecule has 0 bridgehead atoms. The molecule has 0 radical (unpaired) electrons. The van der Waals surface area contributed by atoms with Crippen LogP contribution in [0.4, 0.5) is 22.0 Å². The molecular weight excluding hydrogens is 392 g/mol. The molecule has 160 valence electrons. The Morgan fingerprint density at radius 1 is 1.19 bits per heavy atom. The lowest BCUT2D eigenvalue weighted by Gasteiger charge is -2.22. The monoisotopic (exact) mass is 418 g/mol. The summed E-state index contributed by atoms with van der Waals surface area (Å²) < 4.78 is 5.66. The van der Waals surface area contributed by atoms with Crippen molar-refractivity contribution < 1.29 is 9.53 Å². The number of nitrogen functional groups attached to an aromatic ring is 1. The molecule has 2 aromatic heterocycles. The number of rotatable bonds is 3. The molecule has 0 unspecified atom stereocenters. The molecule has 0 saturated heterocycles. The fourth-order valence-electron chi connectivity index (χ4n) is 4.11. The van der Waals surface area contributed by atoms with Gasteiger partial charge in [0.15, 0.2) is 0 Å². The van der Waals surface area contributed by atoms with Gasteiger partial charge < -0.3 is 21.1 Å². The average molecular weight is 419 g/mol. The molecule has 2 atom stereocenters. The Morgan fingerprint density at radius 3 is 2.77 bits per heavy atom. The van der Waals surface area contributed by atoms with E-state index in [1.165, 1.54) is 0 Å². The molecule has 1 aromatic carbocycles. The highest BCUT2D eigenvalue weighted by Gasteiger charge is 2.33. The summed E-state index contributed by atoms with van der Waals surface area (Å²) in [6, 6.07) is 3.95. The molecule has 2 amide bonds. The molecule has 1 saturated carbocycles. The molecular formula is C23H26N6O2. The molecule has 1 aliphatic carbocycles. The van der Waals surface area contributed by atoms with Gasteiger partial charge in [-0.05, 0) is 60.4 Å². The molecule has 8 nitrogen and oxygen atoms in total. The van der Waals surface area contributed by atoms with Crippen molar-refractivity contribution >= 4 is 34.0 Å². The van der Waals surface area contributed by atoms with Gasteiger partial charge in [-0.15, -0.1) is 0 Å². The zero-order valence-corrected chi connectivity index (χ0v) is 17.9. The predicted molar refractivity (Wildman–Crippen MR) is 123 cm³/mol. The first-order valence-corrected chi connectivity index (χ1v) is 10.6. The third-order valence-corrected chi connectivity index (χ3v) is 6.24. The number of hydrogen-bond acceptors (Lipinski definition) is 6. The standard InChI is InChI=1S/C23H26N6O2/c1-11-6-18(11)28-23(30)29-19-8-14-7-15(12(2)20(24)17(14)10-26-19)16-9-27-22-21(13(16)3)25-4-5-31-22/h7-11,18,25H,4-6,24H2,1-3H3,(H2,26,28,29,30)/t11-,18+/m0/s1. The van der Waals surface area contributed by atoms with Gasteiger partial charge >= 0.3 is 6.03 Å². The van der Waals surface area contributed by atoms with Crippen LogP contribution in [0.5, 0.6) is 5.88 Å². The van der Waals surface area contributed by atoms with Crippen LogP contribution >= 0.6 is 0 Å². The second-order valence-electron chi connectivity index (χ2n) is 8.42. The largest absolute Gasteiger partial charge is 0.474 e. The Hall–Kier alpha value is -3.55. The highest BCUT2D eigenvalue weighted by molar-refractivity contribution is 6.01. The molecule has 0 spiro atoms. The van der Waals surface area contributed by atoms with E-state index in [1.54, 1.807) is 6.20 Å². The van der Waals surface area contributed by atoms with Crippen molar-refractivity contribution in [3.63, 3.8) is 0 Å². The minimum atomic E-state index is -0.234. The Bertz CT molecular complexity index is 1210. The molecule has 1 aliphatic heterocycles. The van der Waals surface area contributed by atoms with Gasteiger partial charge in [-0.2, -0.15) is 0 Å². The van der Waals surface area contributed by atoms with E-state index in [4.69, 9.17) is 10.5 Å². The fraction of sp³-hybridized carbons (Fsp3) is 0.348. The molecule has 5 rings (SSSR count). The van der Waals surface area contributed by atoms with Gasteiger partial charge in [0.25, 0.3) is 0 Å². The Labute approximate surface area is 180 Å². The van der Waals surface area contributed by atoms with E-state index in [0.717, 1.165) is 51.7 Å². The normalized spacial score (nSPS) is 19.2. The Balaban J connectivity index is 1.53. The van der Waals surface area contributed by atoms with Crippen LogP contribution in [0.15, 0.2) is 24.5 Å². The van der Waals surface area contributed by atoms with Crippen LogP contribution in [0.1, 0.15) is 24.5 Å². The predicted octanol–water partition coefficient (Wildman–Crippen LogP) is 3.83. The summed E-state index contributed by atoms with van der Waals surface area (Å²) in [6.45, 7) is 7.53. The number of amides is 2. The van der Waals surface area contributed by atoms with Gasteiger partial charge in [0.1, 0.15) is 18.1 Å². The van der Waals surface area contributed by atoms with Gasteiger partial charge in [-0.25, -0.2) is 14.8 Å². The summed E-state index contributed by atoms with van der Waals surface area (Å²) in [4.78, 5) is 21.1. The number of nitrogens with zero attached hydrogens (tertiary/aromatic N) is 2. The first-order valence-electron chi connectivity index (χ1n) is 10.6. The van der Waals surface area contributed by atoms with E-state index in [1.807, 2.05) is 19.2 Å². The third-order valence-electron chi connectivity index (χ3n) is 6.24. The Kier molecular flexibility index (Phi) is 4.57. The van der Waals surface area contributed by atoms with E-state index < -0.39 is 0 Å². The SMILES string of the molecule is Cc1c(-c2cc3cc(NC(=O)N[C@@H]4C[C@@H]4C)ncc3c(N)c2C)cnc2c1NCCO2. The minimum absolute atomic E-state index is 0.234. The smallest absolute Gasteiger partial charge is 0.320 e. The number of hydrogen-bond donors (Lipinski definition) is 4. The maximum atomic E-state index is 12.2. The van der Waals surface area contributed by atoms with Crippen LogP contribution in [0.25, 0.3) is 21.9 Å². The second kappa shape index (κ2) is 7.30. The highest BCUT2D eigenvalue weighted by atomic mass is 16.5. The van der Waals surface area contributed by atoms with E-state index in [2.05, 4.69) is 45.8 Å². The maximum absolute atomic E-state index is 12.2. The van der Waals surface area contributed by atoms with Crippen LogP contribution < -0.4 is 26.4 Å². The van der Waals surface area contributed by atoms with Gasteiger partial charge in [-0.3, -0.25) is 5.32 Å². The highest BCUT2D eigenvalue weighted by Crippen LogP contribution is 2.40. The quantitative estimate of drug-likeness (QED) is 0.481. The summed E-state index contributed by atoms with van der Waals surface area (Å²) in [7, 11) is 0. The molecule has 3 heterocycles. The number of nitrogens with two attached hydrogens (primary N) is 1. The number of carbonyl (C=O) groups is 1. The number of urea groups is 1. The summed E-state index contributed by atoms with van der Waals surface area (Å²) in [5.74, 6) is 1.66. The molecule has 2 aliphatic rings. The zero-order valence-electron chi connectivity index (χ0n) is 17.9. The third kappa shape index (κ3) is 3.48. The number of fused-ring (bicyclic) bond motifs is 2. The number of benzene rings is 1. The van der Waals surface area contributed by atoms with Crippen molar-refractivity contribution in [3.8, 4) is 17.0 Å². The molecule has 31 heavy (non-hydrogen) atoms. The summed E-state index contributed by atoms with van der Waals surface area (Å²) in [5, 5.41) is 10.9. The first kappa shape index (κ1) is 19.4. The van der Waals surface area contributed by atoms with E-state index in [-0.39, 0.29) is 12.1 Å². The number of carbonyl (C=O) groups excluding carboxylic acids is 1. The fourth-order valence-corrected chi connectivity index (χ4v) is 4.11. The van der Waals surface area contributed by atoms with Crippen molar-refractivity contribution in [2.75, 3.05) is 29.5 Å². The lowest BCUT2D eigenvalue weighted by molar-refractivity contribution is 0.251. The van der Waals surface area contributed by atoms with Crippen LogP contribution in [0, 0.1) is 19.8 Å². The van der Waals surface area contributed by atoms with Crippen molar-refractivity contribution in [1.29, 1.82) is 0 Å². The van der Waals surface area contributed by atoms with Crippen LogP contribution in [0.3, 0.4) is 0 Å². The zero-order chi connectivity index (χ0) is 21.7. The Morgan fingerprint density at radius 2 is 2.00 bits per heavy atom. The van der Waals surface area contributed by atoms with Gasteiger partial charge in [0.2, 0.25) is 5.88 Å². The number of pyridine rings is 2. The number of aromatic nitrogens is 2. The van der Waals surface area contributed by atoms with Crippen LogP contribution in [-0.4, -0.2) is 35.2 Å². The second-order valence-corrected chi connectivity index (χ2v) is 8.42. The minimum Gasteiger partial charge on any atom is -0.474 e. The number of anilines is 3. The van der Waals surface area contributed by atoms with Crippen LogP contribution in [-0.2, 0) is 0 Å². The van der Waals surface area contributed by atoms with Crippen molar-refractivity contribution in [2.45, 2.75) is 33.2 Å². The van der Waals surface area contributed by atoms with Gasteiger partial charge in [0, 0.05) is 41.6 Å². The summed E-state index contributed by atoms with van der Waals surface area (Å²) in [5.41, 5.74) is 12.1. The average Bonchev–Trinajstić information content (AvgIpc) is 3.45. The number of ether oxygens (including phenoxy) is 1. The molecule has 8 heteroatoms. The maximum Gasteiger partial charge on any atom is 0.320 e. The molecule has 5 N–H and O–H groups in total. The van der Waals surface area contributed by atoms with E-state index in [0.29, 0.717) is 29.9 Å². The molecule has 1 fully saturated rings.